The highest BCUT2D eigenvalue weighted by molar-refractivity contribution is 6.00. The van der Waals surface area contributed by atoms with Crippen LogP contribution >= 0.6 is 0 Å². The Bertz CT molecular complexity index is 677. The maximum Gasteiger partial charge on any atom is 0.161 e. The van der Waals surface area contributed by atoms with Gasteiger partial charge in [-0.05, 0) is 60.7 Å². The number of rotatable bonds is 2. The maximum atomic E-state index is 11.6. The molecule has 0 saturated carbocycles. The maximum absolute atomic E-state index is 11.6. The van der Waals surface area contributed by atoms with Gasteiger partial charge in [-0.15, -0.1) is 0 Å². The predicted molar refractivity (Wildman–Crippen MR) is 80.1 cm³/mol. The Kier molecular flexibility index (Phi) is 3.18. The second kappa shape index (κ2) is 5.00. The normalized spacial score (nSPS) is 13.4. The Hall–Kier alpha value is -2.29. The van der Waals surface area contributed by atoms with Crippen LogP contribution in [0.3, 0.4) is 0 Å². The van der Waals surface area contributed by atoms with Crippen molar-refractivity contribution >= 4 is 11.5 Å². The lowest BCUT2D eigenvalue weighted by Crippen LogP contribution is -2.08. The largest absolute Gasteiger partial charge is 0.493 e. The van der Waals surface area contributed by atoms with E-state index < -0.39 is 0 Å². The first-order chi connectivity index (χ1) is 9.65. The van der Waals surface area contributed by atoms with Gasteiger partial charge >= 0.3 is 0 Å². The molecule has 0 atom stereocenters. The number of nitrogen functional groups attached to an aromatic ring is 1. The van der Waals surface area contributed by atoms with E-state index in [1.54, 1.807) is 6.07 Å². The summed E-state index contributed by atoms with van der Waals surface area (Å²) in [7, 11) is 0. The number of benzene rings is 2. The van der Waals surface area contributed by atoms with Crippen LogP contribution in [0.25, 0.3) is 11.1 Å². The summed E-state index contributed by atoms with van der Waals surface area (Å²) in [6.45, 7) is 2.33. The fourth-order valence-corrected chi connectivity index (χ4v) is 2.58. The van der Waals surface area contributed by atoms with Crippen molar-refractivity contribution in [2.75, 3.05) is 12.3 Å². The number of carbonyl (C=O) groups is 1. The molecule has 1 aliphatic rings. The van der Waals surface area contributed by atoms with Gasteiger partial charge in [0.15, 0.2) is 5.78 Å². The molecule has 0 aromatic heterocycles. The van der Waals surface area contributed by atoms with Gasteiger partial charge in [-0.2, -0.15) is 0 Å². The van der Waals surface area contributed by atoms with Crippen LogP contribution in [0.15, 0.2) is 36.4 Å². The quantitative estimate of drug-likeness (QED) is 0.669. The molecule has 102 valence electrons. The Balaban J connectivity index is 2.05. The van der Waals surface area contributed by atoms with E-state index in [2.05, 4.69) is 6.07 Å². The van der Waals surface area contributed by atoms with Gasteiger partial charge in [0.1, 0.15) is 5.75 Å². The fraction of sp³-hybridized carbons (Fsp3) is 0.235. The molecule has 3 heteroatoms. The lowest BCUT2D eigenvalue weighted by molar-refractivity contribution is 0.101. The molecule has 0 spiro atoms. The minimum absolute atomic E-state index is 0.00866. The van der Waals surface area contributed by atoms with Crippen LogP contribution in [-0.4, -0.2) is 12.4 Å². The third kappa shape index (κ3) is 2.27. The van der Waals surface area contributed by atoms with Gasteiger partial charge in [0.25, 0.3) is 0 Å². The molecule has 3 nitrogen and oxygen atoms in total. The van der Waals surface area contributed by atoms with E-state index in [0.29, 0.717) is 11.3 Å². The van der Waals surface area contributed by atoms with Gasteiger partial charge < -0.3 is 10.5 Å². The zero-order valence-corrected chi connectivity index (χ0v) is 11.5. The van der Waals surface area contributed by atoms with E-state index in [4.69, 9.17) is 10.5 Å². The summed E-state index contributed by atoms with van der Waals surface area (Å²) in [5.41, 5.74) is 10.3. The number of ketones is 1. The van der Waals surface area contributed by atoms with Gasteiger partial charge in [0.05, 0.1) is 6.61 Å². The average molecular weight is 267 g/mol. The van der Waals surface area contributed by atoms with Crippen LogP contribution in [0.4, 0.5) is 5.69 Å². The number of Topliss-reactive ketones (excluding diaryl/α,β-unsaturated/α-hetero) is 1. The highest BCUT2D eigenvalue weighted by atomic mass is 16.5. The molecule has 2 aromatic rings. The first-order valence-corrected chi connectivity index (χ1v) is 6.82. The van der Waals surface area contributed by atoms with Crippen LogP contribution in [0.1, 0.15) is 29.3 Å². The molecule has 1 heterocycles. The van der Waals surface area contributed by atoms with E-state index in [-0.39, 0.29) is 5.78 Å². The van der Waals surface area contributed by atoms with Crippen molar-refractivity contribution in [1.82, 2.24) is 0 Å². The van der Waals surface area contributed by atoms with E-state index in [9.17, 15) is 4.79 Å². The number of aryl methyl sites for hydroxylation is 1. The molecule has 0 amide bonds. The molecular weight excluding hydrogens is 250 g/mol. The molecule has 0 bridgehead atoms. The van der Waals surface area contributed by atoms with Gasteiger partial charge in [-0.3, -0.25) is 4.79 Å². The average Bonchev–Trinajstić information content (AvgIpc) is 2.47. The minimum Gasteiger partial charge on any atom is -0.493 e. The first-order valence-electron chi connectivity index (χ1n) is 6.82. The Morgan fingerprint density at radius 1 is 1.15 bits per heavy atom. The molecule has 0 unspecified atom stereocenters. The summed E-state index contributed by atoms with van der Waals surface area (Å²) < 4.78 is 5.62. The molecular formula is C17H17NO2. The van der Waals surface area contributed by atoms with Crippen molar-refractivity contribution in [3.05, 3.63) is 47.5 Å². The number of anilines is 1. The molecule has 1 aliphatic heterocycles. The van der Waals surface area contributed by atoms with Crippen molar-refractivity contribution in [1.29, 1.82) is 0 Å². The Labute approximate surface area is 118 Å². The van der Waals surface area contributed by atoms with Crippen LogP contribution in [0, 0.1) is 0 Å². The Morgan fingerprint density at radius 2 is 1.90 bits per heavy atom. The summed E-state index contributed by atoms with van der Waals surface area (Å²) in [4.78, 5) is 11.6. The van der Waals surface area contributed by atoms with Crippen LogP contribution in [0.5, 0.6) is 5.75 Å². The summed E-state index contributed by atoms with van der Waals surface area (Å²) in [5.74, 6) is 0.966. The number of carbonyl (C=O) groups excluding carboxylic acids is 1. The van der Waals surface area contributed by atoms with Crippen molar-refractivity contribution in [2.45, 2.75) is 19.8 Å². The molecule has 20 heavy (non-hydrogen) atoms. The van der Waals surface area contributed by atoms with Crippen LogP contribution in [0.2, 0.25) is 0 Å². The van der Waals surface area contributed by atoms with E-state index >= 15 is 0 Å². The van der Waals surface area contributed by atoms with Crippen molar-refractivity contribution in [2.24, 2.45) is 0 Å². The van der Waals surface area contributed by atoms with Gasteiger partial charge in [-0.1, -0.05) is 12.1 Å². The third-order valence-electron chi connectivity index (χ3n) is 3.67. The second-order valence-electron chi connectivity index (χ2n) is 5.13. The van der Waals surface area contributed by atoms with Crippen molar-refractivity contribution in [3.63, 3.8) is 0 Å². The van der Waals surface area contributed by atoms with Crippen molar-refractivity contribution < 1.29 is 9.53 Å². The molecule has 0 saturated heterocycles. The highest BCUT2D eigenvalue weighted by Gasteiger charge is 2.12. The van der Waals surface area contributed by atoms with Gasteiger partial charge in [-0.25, -0.2) is 0 Å². The second-order valence-corrected chi connectivity index (χ2v) is 5.13. The van der Waals surface area contributed by atoms with Gasteiger partial charge in [0.2, 0.25) is 0 Å². The molecule has 2 N–H and O–H groups in total. The summed E-state index contributed by atoms with van der Waals surface area (Å²) in [6.07, 6.45) is 2.09. The Morgan fingerprint density at radius 3 is 2.70 bits per heavy atom. The zero-order valence-electron chi connectivity index (χ0n) is 11.5. The monoisotopic (exact) mass is 267 g/mol. The highest BCUT2D eigenvalue weighted by Crippen LogP contribution is 2.31. The number of ether oxygens (including phenoxy) is 1. The van der Waals surface area contributed by atoms with Crippen LogP contribution in [-0.2, 0) is 6.42 Å². The lowest BCUT2D eigenvalue weighted by Gasteiger charge is -2.18. The van der Waals surface area contributed by atoms with E-state index in [0.717, 1.165) is 36.3 Å². The fourth-order valence-electron chi connectivity index (χ4n) is 2.58. The van der Waals surface area contributed by atoms with Crippen molar-refractivity contribution in [3.8, 4) is 16.9 Å². The third-order valence-corrected chi connectivity index (χ3v) is 3.67. The topological polar surface area (TPSA) is 52.3 Å². The number of nitrogens with two attached hydrogens (primary N) is 1. The predicted octanol–water partition coefficient (Wildman–Crippen LogP) is 3.46. The summed E-state index contributed by atoms with van der Waals surface area (Å²) in [6, 6.07) is 11.8. The minimum atomic E-state index is -0.00866. The number of hydrogen-bond donors (Lipinski definition) is 1. The lowest BCUT2D eigenvalue weighted by atomic mass is 9.96. The number of hydrogen-bond acceptors (Lipinski definition) is 3. The van der Waals surface area contributed by atoms with Crippen LogP contribution < -0.4 is 10.5 Å². The molecule has 3 rings (SSSR count). The molecule has 0 radical (unpaired) electrons. The van der Waals surface area contributed by atoms with E-state index in [1.807, 2.05) is 24.3 Å². The molecule has 0 aliphatic carbocycles. The smallest absolute Gasteiger partial charge is 0.161 e. The first kappa shape index (κ1) is 12.7. The molecule has 0 fully saturated rings. The standard InChI is InChI=1S/C17H17NO2/c1-11(19)15-10-13(4-6-16(15)18)12-5-7-17-14(9-12)3-2-8-20-17/h4-7,9-10H,2-3,8,18H2,1H3. The number of fused-ring (bicyclic) bond motifs is 1. The summed E-state index contributed by atoms with van der Waals surface area (Å²) >= 11 is 0. The van der Waals surface area contributed by atoms with E-state index in [1.165, 1.54) is 12.5 Å². The SMILES string of the molecule is CC(=O)c1cc(-c2ccc3c(c2)CCCO3)ccc1N. The van der Waals surface area contributed by atoms with Gasteiger partial charge in [0, 0.05) is 11.3 Å². The molecule has 2 aromatic carbocycles. The summed E-state index contributed by atoms with van der Waals surface area (Å²) in [5, 5.41) is 0. The zero-order chi connectivity index (χ0) is 14.1.